The summed E-state index contributed by atoms with van der Waals surface area (Å²) in [5.74, 6) is 0.139. The van der Waals surface area contributed by atoms with Crippen LogP contribution in [0.15, 0.2) is 23.6 Å². The van der Waals surface area contributed by atoms with Gasteiger partial charge in [0.05, 0.1) is 5.69 Å². The van der Waals surface area contributed by atoms with Gasteiger partial charge in [0.15, 0.2) is 5.13 Å². The predicted octanol–water partition coefficient (Wildman–Crippen LogP) is 4.80. The molecule has 21 heavy (non-hydrogen) atoms. The van der Waals surface area contributed by atoms with E-state index < -0.39 is 0 Å². The zero-order valence-electron chi connectivity index (χ0n) is 13.1. The number of hydrogen-bond donors (Lipinski definition) is 1. The summed E-state index contributed by atoms with van der Waals surface area (Å²) < 4.78 is 0. The molecular weight excluding hydrogens is 280 g/mol. The van der Waals surface area contributed by atoms with E-state index in [1.165, 1.54) is 22.5 Å². The molecule has 0 saturated heterocycles. The molecule has 0 atom stereocenters. The van der Waals surface area contributed by atoms with Gasteiger partial charge in [0, 0.05) is 16.9 Å². The lowest BCUT2D eigenvalue weighted by Crippen LogP contribution is -2.21. The molecule has 0 bridgehead atoms. The molecule has 1 heterocycles. The summed E-state index contributed by atoms with van der Waals surface area (Å²) in [4.78, 5) is 16.6. The maximum Gasteiger partial charge on any atom is 0.229 e. The molecule has 0 aliphatic carbocycles. The van der Waals surface area contributed by atoms with Crippen molar-refractivity contribution in [2.45, 2.75) is 40.5 Å². The molecule has 3 nitrogen and oxygen atoms in total. The van der Waals surface area contributed by atoms with Crippen molar-refractivity contribution in [2.24, 2.45) is 5.92 Å². The van der Waals surface area contributed by atoms with Crippen molar-refractivity contribution in [1.82, 2.24) is 4.98 Å². The summed E-state index contributed by atoms with van der Waals surface area (Å²) in [5, 5.41) is 5.60. The number of anilines is 1. The largest absolute Gasteiger partial charge is 0.302 e. The molecule has 2 aromatic rings. The number of nitrogens with one attached hydrogen (secondary N) is 1. The van der Waals surface area contributed by atoms with Crippen LogP contribution in [0.4, 0.5) is 5.13 Å². The summed E-state index contributed by atoms with van der Waals surface area (Å²) in [6.45, 7) is 8.27. The molecule has 0 saturated carbocycles. The second-order valence-electron chi connectivity index (χ2n) is 5.34. The summed E-state index contributed by atoms with van der Waals surface area (Å²) in [6, 6.07) is 6.31. The van der Waals surface area contributed by atoms with Crippen LogP contribution in [0.3, 0.4) is 0 Å². The SMILES string of the molecule is CCC(CC)C(=O)Nc1nc(-c2ccc(C)c(C)c2)cs1. The third-order valence-electron chi connectivity index (χ3n) is 3.89. The van der Waals surface area contributed by atoms with Crippen molar-refractivity contribution >= 4 is 22.4 Å². The number of aryl methyl sites for hydroxylation is 2. The van der Waals surface area contributed by atoms with Crippen LogP contribution in [0, 0.1) is 19.8 Å². The van der Waals surface area contributed by atoms with Crippen LogP contribution < -0.4 is 5.32 Å². The lowest BCUT2D eigenvalue weighted by molar-refractivity contribution is -0.120. The van der Waals surface area contributed by atoms with Gasteiger partial charge in [-0.05, 0) is 43.9 Å². The second-order valence-corrected chi connectivity index (χ2v) is 6.20. The van der Waals surface area contributed by atoms with E-state index in [1.54, 1.807) is 0 Å². The normalized spacial score (nSPS) is 10.9. The van der Waals surface area contributed by atoms with Gasteiger partial charge in [-0.25, -0.2) is 4.98 Å². The molecule has 1 aromatic heterocycles. The van der Waals surface area contributed by atoms with Crippen LogP contribution in [0.25, 0.3) is 11.3 Å². The maximum atomic E-state index is 12.1. The Balaban J connectivity index is 2.14. The zero-order valence-corrected chi connectivity index (χ0v) is 13.9. The van der Waals surface area contributed by atoms with Crippen molar-refractivity contribution < 1.29 is 4.79 Å². The van der Waals surface area contributed by atoms with Crippen LogP contribution in [-0.2, 0) is 4.79 Å². The first-order valence-corrected chi connectivity index (χ1v) is 8.27. The second kappa shape index (κ2) is 6.85. The number of hydrogen-bond acceptors (Lipinski definition) is 3. The van der Waals surface area contributed by atoms with E-state index in [4.69, 9.17) is 0 Å². The molecule has 1 aromatic carbocycles. The number of carbonyl (C=O) groups excluding carboxylic acids is 1. The first-order valence-electron chi connectivity index (χ1n) is 7.39. The topological polar surface area (TPSA) is 42.0 Å². The summed E-state index contributed by atoms with van der Waals surface area (Å²) >= 11 is 1.48. The van der Waals surface area contributed by atoms with Gasteiger partial charge in [0.2, 0.25) is 5.91 Å². The molecule has 0 unspecified atom stereocenters. The molecule has 2 rings (SSSR count). The number of nitrogens with zero attached hydrogens (tertiary/aromatic N) is 1. The highest BCUT2D eigenvalue weighted by Gasteiger charge is 2.16. The van der Waals surface area contributed by atoms with E-state index in [2.05, 4.69) is 42.3 Å². The predicted molar refractivity (Wildman–Crippen MR) is 89.7 cm³/mol. The molecule has 0 radical (unpaired) electrons. The minimum Gasteiger partial charge on any atom is -0.302 e. The number of benzene rings is 1. The van der Waals surface area contributed by atoms with Gasteiger partial charge >= 0.3 is 0 Å². The van der Waals surface area contributed by atoms with Crippen LogP contribution >= 0.6 is 11.3 Å². The third-order valence-corrected chi connectivity index (χ3v) is 4.65. The highest BCUT2D eigenvalue weighted by Crippen LogP contribution is 2.27. The number of carbonyl (C=O) groups is 1. The Labute approximate surface area is 130 Å². The average Bonchev–Trinajstić information content (AvgIpc) is 2.91. The molecule has 112 valence electrons. The molecule has 0 aliphatic rings. The Bertz CT molecular complexity index is 629. The first-order chi connectivity index (χ1) is 10.0. The van der Waals surface area contributed by atoms with Gasteiger partial charge in [-0.15, -0.1) is 11.3 Å². The van der Waals surface area contributed by atoms with Crippen LogP contribution in [0.5, 0.6) is 0 Å². The van der Waals surface area contributed by atoms with Crippen LogP contribution in [-0.4, -0.2) is 10.9 Å². The zero-order chi connectivity index (χ0) is 15.4. The number of amides is 1. The van der Waals surface area contributed by atoms with Crippen molar-refractivity contribution in [1.29, 1.82) is 0 Å². The van der Waals surface area contributed by atoms with E-state index in [1.807, 2.05) is 19.2 Å². The molecule has 0 aliphatic heterocycles. The Morgan fingerprint density at radius 2 is 1.95 bits per heavy atom. The smallest absolute Gasteiger partial charge is 0.229 e. The Hall–Kier alpha value is -1.68. The van der Waals surface area contributed by atoms with Gasteiger partial charge < -0.3 is 5.32 Å². The Kier molecular flexibility index (Phi) is 5.12. The number of rotatable bonds is 5. The molecule has 1 N–H and O–H groups in total. The monoisotopic (exact) mass is 302 g/mol. The van der Waals surface area contributed by atoms with Gasteiger partial charge in [-0.3, -0.25) is 4.79 Å². The van der Waals surface area contributed by atoms with E-state index >= 15 is 0 Å². The fraction of sp³-hybridized carbons (Fsp3) is 0.412. The maximum absolute atomic E-state index is 12.1. The highest BCUT2D eigenvalue weighted by molar-refractivity contribution is 7.14. The molecule has 0 spiro atoms. The van der Waals surface area contributed by atoms with E-state index in [9.17, 15) is 4.79 Å². The molecule has 0 fully saturated rings. The average molecular weight is 302 g/mol. The van der Waals surface area contributed by atoms with Crippen molar-refractivity contribution in [3.8, 4) is 11.3 Å². The highest BCUT2D eigenvalue weighted by atomic mass is 32.1. The van der Waals surface area contributed by atoms with Gasteiger partial charge in [-0.1, -0.05) is 26.0 Å². The van der Waals surface area contributed by atoms with Gasteiger partial charge in [0.1, 0.15) is 0 Å². The fourth-order valence-electron chi connectivity index (χ4n) is 2.23. The first kappa shape index (κ1) is 15.7. The Morgan fingerprint density at radius 3 is 2.57 bits per heavy atom. The summed E-state index contributed by atoms with van der Waals surface area (Å²) in [5.41, 5.74) is 4.54. The van der Waals surface area contributed by atoms with Gasteiger partial charge in [0.25, 0.3) is 0 Å². The minimum absolute atomic E-state index is 0.0685. The van der Waals surface area contributed by atoms with E-state index in [-0.39, 0.29) is 11.8 Å². The van der Waals surface area contributed by atoms with Crippen LogP contribution in [0.1, 0.15) is 37.8 Å². The third kappa shape index (κ3) is 3.70. The minimum atomic E-state index is 0.0685. The number of thiazole rings is 1. The van der Waals surface area contributed by atoms with E-state index in [0.29, 0.717) is 5.13 Å². The van der Waals surface area contributed by atoms with Gasteiger partial charge in [-0.2, -0.15) is 0 Å². The van der Waals surface area contributed by atoms with Crippen molar-refractivity contribution in [3.63, 3.8) is 0 Å². The quantitative estimate of drug-likeness (QED) is 0.862. The fourth-order valence-corrected chi connectivity index (χ4v) is 2.95. The lowest BCUT2D eigenvalue weighted by atomic mass is 10.0. The standard InChI is InChI=1S/C17H22N2OS/c1-5-13(6-2)16(20)19-17-18-15(10-21-17)14-8-7-11(3)12(4)9-14/h7-10,13H,5-6H2,1-4H3,(H,18,19,20). The van der Waals surface area contributed by atoms with Crippen molar-refractivity contribution in [3.05, 3.63) is 34.7 Å². The Morgan fingerprint density at radius 1 is 1.24 bits per heavy atom. The molecular formula is C17H22N2OS. The molecule has 1 amide bonds. The van der Waals surface area contributed by atoms with Crippen molar-refractivity contribution in [2.75, 3.05) is 5.32 Å². The van der Waals surface area contributed by atoms with E-state index in [0.717, 1.165) is 24.1 Å². The summed E-state index contributed by atoms with van der Waals surface area (Å²) in [7, 11) is 0. The molecule has 4 heteroatoms. The summed E-state index contributed by atoms with van der Waals surface area (Å²) in [6.07, 6.45) is 1.72. The number of aromatic nitrogens is 1. The lowest BCUT2D eigenvalue weighted by Gasteiger charge is -2.10. The van der Waals surface area contributed by atoms with Crippen LogP contribution in [0.2, 0.25) is 0 Å².